The van der Waals surface area contributed by atoms with Crippen LogP contribution < -0.4 is 10.7 Å². The lowest BCUT2D eigenvalue weighted by molar-refractivity contribution is -0.385. The van der Waals surface area contributed by atoms with Gasteiger partial charge in [0.15, 0.2) is 0 Å². The number of nitrogens with one attached hydrogen (secondary N) is 2. The Hall–Kier alpha value is -4.57. The number of halogens is 1. The maximum absolute atomic E-state index is 12.9. The number of nitro groups is 1. The first-order valence-corrected chi connectivity index (χ1v) is 11.4. The summed E-state index contributed by atoms with van der Waals surface area (Å²) < 4.78 is 0.0989. The van der Waals surface area contributed by atoms with Gasteiger partial charge in [-0.15, -0.1) is 0 Å². The topological polar surface area (TPSA) is 134 Å². The molecule has 0 saturated heterocycles. The largest absolute Gasteiger partial charge is 0.506 e. The Morgan fingerprint density at radius 2 is 1.69 bits per heavy atom. The molecule has 2 amide bonds. The van der Waals surface area contributed by atoms with Crippen LogP contribution in [0.3, 0.4) is 0 Å². The number of allylic oxidation sites excluding steroid dienone is 2. The lowest BCUT2D eigenvalue weighted by atomic mass is 10.1. The molecule has 3 rings (SSSR count). The molecular formula is C26H21BrN4O5. The molecular weight excluding hydrogens is 528 g/mol. The van der Waals surface area contributed by atoms with Crippen LogP contribution in [0.1, 0.15) is 28.4 Å². The van der Waals surface area contributed by atoms with Gasteiger partial charge in [0, 0.05) is 23.3 Å². The van der Waals surface area contributed by atoms with E-state index in [0.717, 1.165) is 23.9 Å². The van der Waals surface area contributed by atoms with Gasteiger partial charge in [-0.2, -0.15) is 5.10 Å². The molecule has 0 aliphatic heterocycles. The fourth-order valence-electron chi connectivity index (χ4n) is 3.05. The number of hydrazone groups is 1. The molecule has 0 aliphatic rings. The molecule has 0 bridgehead atoms. The molecule has 0 radical (unpaired) electrons. The molecule has 3 aromatic carbocycles. The minimum absolute atomic E-state index is 0.00961. The van der Waals surface area contributed by atoms with Crippen molar-refractivity contribution in [2.45, 2.75) is 6.92 Å². The zero-order chi connectivity index (χ0) is 26.1. The highest BCUT2D eigenvalue weighted by atomic mass is 79.9. The third-order valence-corrected chi connectivity index (χ3v) is 5.36. The highest BCUT2D eigenvalue weighted by Crippen LogP contribution is 2.31. The van der Waals surface area contributed by atoms with Crippen molar-refractivity contribution in [3.63, 3.8) is 0 Å². The summed E-state index contributed by atoms with van der Waals surface area (Å²) >= 11 is 3.05. The standard InChI is InChI=1S/C26H21BrN4O5/c1-17(12-18-8-4-2-5-9-18)13-23(29-25(33)19-10-6-3-7-11-19)26(34)30-28-16-20-14-21(31(35)36)15-22(27)24(20)32/h2-16,32H,1H3,(H,29,33)(H,30,34). The Labute approximate surface area is 215 Å². The average Bonchev–Trinajstić information content (AvgIpc) is 2.86. The van der Waals surface area contributed by atoms with E-state index < -0.39 is 16.7 Å². The maximum atomic E-state index is 12.9. The molecule has 36 heavy (non-hydrogen) atoms. The number of aromatic hydroxyl groups is 1. The highest BCUT2D eigenvalue weighted by Gasteiger charge is 2.16. The summed E-state index contributed by atoms with van der Waals surface area (Å²) in [4.78, 5) is 36.0. The second-order valence-electron chi connectivity index (χ2n) is 7.50. The first-order chi connectivity index (χ1) is 17.2. The van der Waals surface area contributed by atoms with Crippen LogP contribution in [-0.2, 0) is 4.79 Å². The van der Waals surface area contributed by atoms with Crippen molar-refractivity contribution in [3.05, 3.63) is 121 Å². The Balaban J connectivity index is 1.86. The summed E-state index contributed by atoms with van der Waals surface area (Å²) in [5, 5.41) is 27.6. The fraction of sp³-hybridized carbons (Fsp3) is 0.0385. The molecule has 0 spiro atoms. The molecule has 0 unspecified atom stereocenters. The van der Waals surface area contributed by atoms with E-state index in [1.54, 1.807) is 37.3 Å². The highest BCUT2D eigenvalue weighted by molar-refractivity contribution is 9.10. The Bertz CT molecular complexity index is 1370. The third kappa shape index (κ3) is 7.21. The van der Waals surface area contributed by atoms with Gasteiger partial charge in [0.05, 0.1) is 15.6 Å². The number of phenols is 1. The van der Waals surface area contributed by atoms with Crippen LogP contribution in [0.5, 0.6) is 5.75 Å². The van der Waals surface area contributed by atoms with Gasteiger partial charge in [-0.25, -0.2) is 5.43 Å². The smallest absolute Gasteiger partial charge is 0.287 e. The van der Waals surface area contributed by atoms with Crippen molar-refractivity contribution in [2.75, 3.05) is 0 Å². The van der Waals surface area contributed by atoms with Gasteiger partial charge in [-0.05, 0) is 52.2 Å². The quantitative estimate of drug-likeness (QED) is 0.120. The van der Waals surface area contributed by atoms with Gasteiger partial charge >= 0.3 is 0 Å². The van der Waals surface area contributed by atoms with Crippen LogP contribution in [-0.4, -0.2) is 28.1 Å². The number of nitrogens with zero attached hydrogens (tertiary/aromatic N) is 2. The van der Waals surface area contributed by atoms with Gasteiger partial charge < -0.3 is 10.4 Å². The second-order valence-corrected chi connectivity index (χ2v) is 8.35. The normalized spacial score (nSPS) is 11.8. The minimum atomic E-state index is -0.736. The third-order valence-electron chi connectivity index (χ3n) is 4.75. The predicted octanol–water partition coefficient (Wildman–Crippen LogP) is 4.93. The second kappa shape index (κ2) is 12.2. The van der Waals surface area contributed by atoms with E-state index in [-0.39, 0.29) is 27.2 Å². The summed E-state index contributed by atoms with van der Waals surface area (Å²) in [6.07, 6.45) is 4.40. The zero-order valence-electron chi connectivity index (χ0n) is 19.0. The minimum Gasteiger partial charge on any atom is -0.506 e. The van der Waals surface area contributed by atoms with Crippen molar-refractivity contribution in [3.8, 4) is 5.75 Å². The van der Waals surface area contributed by atoms with Gasteiger partial charge in [0.25, 0.3) is 17.5 Å². The van der Waals surface area contributed by atoms with E-state index >= 15 is 0 Å². The summed E-state index contributed by atoms with van der Waals surface area (Å²) in [5.41, 5.74) is 3.89. The number of nitro benzene ring substituents is 1. The van der Waals surface area contributed by atoms with Gasteiger partial charge in [0.2, 0.25) is 0 Å². The van der Waals surface area contributed by atoms with E-state index in [9.17, 15) is 24.8 Å². The van der Waals surface area contributed by atoms with E-state index in [1.165, 1.54) is 6.08 Å². The van der Waals surface area contributed by atoms with Crippen molar-refractivity contribution < 1.29 is 19.6 Å². The molecule has 3 N–H and O–H groups in total. The molecule has 0 heterocycles. The molecule has 9 nitrogen and oxygen atoms in total. The Kier molecular flexibility index (Phi) is 8.84. The van der Waals surface area contributed by atoms with Crippen LogP contribution in [0.15, 0.2) is 99.7 Å². The molecule has 0 aromatic heterocycles. The zero-order valence-corrected chi connectivity index (χ0v) is 20.6. The summed E-state index contributed by atoms with van der Waals surface area (Å²) in [5.74, 6) is -1.51. The number of phenolic OH excluding ortho intramolecular Hbond substituents is 1. The lowest BCUT2D eigenvalue weighted by Gasteiger charge is -2.09. The fourth-order valence-corrected chi connectivity index (χ4v) is 3.52. The number of hydrogen-bond donors (Lipinski definition) is 3. The van der Waals surface area contributed by atoms with Gasteiger partial charge in [-0.1, -0.05) is 54.6 Å². The first kappa shape index (κ1) is 26.0. The number of carbonyl (C=O) groups is 2. The van der Waals surface area contributed by atoms with Gasteiger partial charge in [-0.3, -0.25) is 19.7 Å². The molecule has 10 heteroatoms. The number of amides is 2. The van der Waals surface area contributed by atoms with Crippen LogP contribution in [0, 0.1) is 10.1 Å². The lowest BCUT2D eigenvalue weighted by Crippen LogP contribution is -2.33. The van der Waals surface area contributed by atoms with E-state index in [0.29, 0.717) is 11.1 Å². The molecule has 0 aliphatic carbocycles. The monoisotopic (exact) mass is 548 g/mol. The number of non-ortho nitro benzene ring substituents is 1. The number of hydrogen-bond acceptors (Lipinski definition) is 6. The van der Waals surface area contributed by atoms with Crippen molar-refractivity contribution in [1.82, 2.24) is 10.7 Å². The van der Waals surface area contributed by atoms with Crippen LogP contribution in [0.25, 0.3) is 6.08 Å². The molecule has 0 saturated carbocycles. The van der Waals surface area contributed by atoms with Gasteiger partial charge in [0.1, 0.15) is 11.4 Å². The van der Waals surface area contributed by atoms with Crippen LogP contribution in [0.4, 0.5) is 5.69 Å². The van der Waals surface area contributed by atoms with Crippen LogP contribution in [0.2, 0.25) is 0 Å². The van der Waals surface area contributed by atoms with E-state index in [2.05, 4.69) is 31.8 Å². The van der Waals surface area contributed by atoms with Crippen molar-refractivity contribution in [2.24, 2.45) is 5.10 Å². The summed E-state index contributed by atoms with van der Waals surface area (Å²) in [7, 11) is 0. The van der Waals surface area contributed by atoms with E-state index in [1.807, 2.05) is 36.4 Å². The van der Waals surface area contributed by atoms with Crippen molar-refractivity contribution >= 4 is 45.7 Å². The predicted molar refractivity (Wildman–Crippen MR) is 140 cm³/mol. The molecule has 0 atom stereocenters. The Morgan fingerprint density at radius 1 is 1.06 bits per heavy atom. The SMILES string of the molecule is CC(=Cc1ccccc1)C=C(NC(=O)c1ccccc1)C(=O)NN=Cc1cc([N+](=O)[O-])cc(Br)c1O. The number of carbonyl (C=O) groups excluding carboxylic acids is 2. The van der Waals surface area contributed by atoms with E-state index in [4.69, 9.17) is 0 Å². The summed E-state index contributed by atoms with van der Waals surface area (Å²) in [6, 6.07) is 20.1. The number of rotatable bonds is 8. The van der Waals surface area contributed by atoms with Crippen LogP contribution >= 0.6 is 15.9 Å². The summed E-state index contributed by atoms with van der Waals surface area (Å²) in [6.45, 7) is 1.77. The average molecular weight is 549 g/mol. The molecule has 0 fully saturated rings. The molecule has 182 valence electrons. The maximum Gasteiger partial charge on any atom is 0.287 e. The molecule has 3 aromatic rings. The Morgan fingerprint density at radius 3 is 2.33 bits per heavy atom. The first-order valence-electron chi connectivity index (χ1n) is 10.6. The number of benzene rings is 3. The van der Waals surface area contributed by atoms with Crippen molar-refractivity contribution in [1.29, 1.82) is 0 Å².